The zero-order valence-electron chi connectivity index (χ0n) is 11.0. The summed E-state index contributed by atoms with van der Waals surface area (Å²) in [6.45, 7) is 7.34. The molecule has 100 valence electrons. The minimum Gasteiger partial charge on any atom is -0.394 e. The average molecular weight is 242 g/mol. The van der Waals surface area contributed by atoms with Crippen molar-refractivity contribution >= 4 is 0 Å². The summed E-state index contributed by atoms with van der Waals surface area (Å²) in [5.41, 5.74) is -0.103. The van der Waals surface area contributed by atoms with Gasteiger partial charge in [-0.15, -0.1) is 0 Å². The van der Waals surface area contributed by atoms with Gasteiger partial charge in [-0.3, -0.25) is 0 Å². The molecule has 2 N–H and O–H groups in total. The van der Waals surface area contributed by atoms with E-state index in [1.807, 2.05) is 0 Å². The van der Waals surface area contributed by atoms with E-state index in [1.165, 1.54) is 12.8 Å². The molecular weight excluding hydrogens is 216 g/mol. The Balaban J connectivity index is 1.73. The van der Waals surface area contributed by atoms with E-state index in [1.54, 1.807) is 0 Å². The zero-order valence-corrected chi connectivity index (χ0v) is 11.0. The van der Waals surface area contributed by atoms with Gasteiger partial charge in [0.15, 0.2) is 0 Å². The van der Waals surface area contributed by atoms with Gasteiger partial charge >= 0.3 is 0 Å². The highest BCUT2D eigenvalue weighted by molar-refractivity contribution is 4.92. The maximum atomic E-state index is 9.54. The molecule has 0 amide bonds. The molecular formula is C13H26N2O2. The van der Waals surface area contributed by atoms with Crippen molar-refractivity contribution in [3.63, 3.8) is 0 Å². The highest BCUT2D eigenvalue weighted by Gasteiger charge is 2.32. The monoisotopic (exact) mass is 242 g/mol. The van der Waals surface area contributed by atoms with Gasteiger partial charge in [-0.25, -0.2) is 0 Å². The van der Waals surface area contributed by atoms with Crippen LogP contribution in [0.3, 0.4) is 0 Å². The van der Waals surface area contributed by atoms with Crippen molar-refractivity contribution in [2.75, 3.05) is 39.5 Å². The number of nitrogens with one attached hydrogen (secondary N) is 1. The molecule has 0 spiro atoms. The second-order valence-corrected chi connectivity index (χ2v) is 5.69. The molecule has 1 heterocycles. The molecule has 17 heavy (non-hydrogen) atoms. The smallest absolute Gasteiger partial charge is 0.0611 e. The van der Waals surface area contributed by atoms with Gasteiger partial charge in [0.1, 0.15) is 0 Å². The molecule has 1 unspecified atom stereocenters. The van der Waals surface area contributed by atoms with Gasteiger partial charge in [-0.1, -0.05) is 0 Å². The Kier molecular flexibility index (Phi) is 4.79. The van der Waals surface area contributed by atoms with Crippen LogP contribution in [0.1, 0.15) is 32.6 Å². The molecule has 4 nitrogen and oxygen atoms in total. The zero-order chi connectivity index (χ0) is 12.1. The third-order valence-electron chi connectivity index (χ3n) is 3.77. The molecule has 1 atom stereocenters. The first-order valence-electron chi connectivity index (χ1n) is 6.90. The van der Waals surface area contributed by atoms with Gasteiger partial charge in [0.2, 0.25) is 0 Å². The fraction of sp³-hybridized carbons (Fsp3) is 1.00. The first-order valence-corrected chi connectivity index (χ1v) is 6.90. The van der Waals surface area contributed by atoms with Gasteiger partial charge in [-0.05, 0) is 32.6 Å². The maximum absolute atomic E-state index is 9.54. The number of hydrogen-bond acceptors (Lipinski definition) is 4. The average Bonchev–Trinajstić information content (AvgIpc) is 3.13. The van der Waals surface area contributed by atoms with Crippen LogP contribution in [0.2, 0.25) is 0 Å². The van der Waals surface area contributed by atoms with Gasteiger partial charge in [0.25, 0.3) is 0 Å². The number of nitrogens with zero attached hydrogens (tertiary/aromatic N) is 1. The lowest BCUT2D eigenvalue weighted by Crippen LogP contribution is -2.49. The standard InChI is InChI=1S/C13H26N2O2/c1-13(11-16,14-12-3-4-12)5-7-15-6-2-9-17-10-8-15/h12,14,16H,2-11H2,1H3. The van der Waals surface area contributed by atoms with Crippen molar-refractivity contribution in [1.82, 2.24) is 10.2 Å². The molecule has 1 saturated heterocycles. The quantitative estimate of drug-likeness (QED) is 0.716. The van der Waals surface area contributed by atoms with E-state index < -0.39 is 0 Å². The third kappa shape index (κ3) is 4.54. The third-order valence-corrected chi connectivity index (χ3v) is 3.77. The fourth-order valence-electron chi connectivity index (χ4n) is 2.34. The lowest BCUT2D eigenvalue weighted by molar-refractivity contribution is 0.128. The Bertz CT molecular complexity index is 225. The van der Waals surface area contributed by atoms with Crippen molar-refractivity contribution in [1.29, 1.82) is 0 Å². The fourth-order valence-corrected chi connectivity index (χ4v) is 2.34. The lowest BCUT2D eigenvalue weighted by Gasteiger charge is -2.31. The molecule has 1 aliphatic carbocycles. The first-order chi connectivity index (χ1) is 8.22. The molecule has 2 fully saturated rings. The van der Waals surface area contributed by atoms with Crippen molar-refractivity contribution < 1.29 is 9.84 Å². The van der Waals surface area contributed by atoms with Crippen LogP contribution in [-0.4, -0.2) is 61.0 Å². The van der Waals surface area contributed by atoms with Crippen LogP contribution in [0.4, 0.5) is 0 Å². The molecule has 2 rings (SSSR count). The second kappa shape index (κ2) is 6.14. The van der Waals surface area contributed by atoms with Crippen LogP contribution in [-0.2, 0) is 4.74 Å². The molecule has 0 aromatic carbocycles. The van der Waals surface area contributed by atoms with E-state index in [0.29, 0.717) is 6.04 Å². The summed E-state index contributed by atoms with van der Waals surface area (Å²) in [5.74, 6) is 0. The van der Waals surface area contributed by atoms with Crippen LogP contribution >= 0.6 is 0 Å². The number of rotatable bonds is 6. The largest absolute Gasteiger partial charge is 0.394 e. The summed E-state index contributed by atoms with van der Waals surface area (Å²) in [4.78, 5) is 2.45. The summed E-state index contributed by atoms with van der Waals surface area (Å²) in [7, 11) is 0. The summed E-state index contributed by atoms with van der Waals surface area (Å²) in [5, 5.41) is 13.1. The van der Waals surface area contributed by atoms with Gasteiger partial charge in [0, 0.05) is 37.8 Å². The van der Waals surface area contributed by atoms with Crippen LogP contribution in [0.15, 0.2) is 0 Å². The Morgan fingerprint density at radius 3 is 2.88 bits per heavy atom. The van der Waals surface area contributed by atoms with Crippen molar-refractivity contribution in [2.24, 2.45) is 0 Å². The summed E-state index contributed by atoms with van der Waals surface area (Å²) < 4.78 is 5.45. The van der Waals surface area contributed by atoms with Gasteiger partial charge in [0.05, 0.1) is 13.2 Å². The van der Waals surface area contributed by atoms with Gasteiger partial charge < -0.3 is 20.1 Å². The highest BCUT2D eigenvalue weighted by Crippen LogP contribution is 2.24. The molecule has 0 aromatic rings. The van der Waals surface area contributed by atoms with E-state index >= 15 is 0 Å². The highest BCUT2D eigenvalue weighted by atomic mass is 16.5. The van der Waals surface area contributed by atoms with Crippen LogP contribution in [0, 0.1) is 0 Å². The van der Waals surface area contributed by atoms with Crippen molar-refractivity contribution in [3.8, 4) is 0 Å². The normalized spacial score (nSPS) is 26.5. The van der Waals surface area contributed by atoms with Crippen LogP contribution < -0.4 is 5.32 Å². The maximum Gasteiger partial charge on any atom is 0.0611 e. The van der Waals surface area contributed by atoms with E-state index in [2.05, 4.69) is 17.1 Å². The van der Waals surface area contributed by atoms with Crippen LogP contribution in [0.5, 0.6) is 0 Å². The Morgan fingerprint density at radius 1 is 1.35 bits per heavy atom. The van der Waals surface area contributed by atoms with Crippen LogP contribution in [0.25, 0.3) is 0 Å². The predicted octanol–water partition coefficient (Wildman–Crippen LogP) is 0.602. The topological polar surface area (TPSA) is 44.7 Å². The SMILES string of the molecule is CC(CO)(CCN1CCCOCC1)NC1CC1. The lowest BCUT2D eigenvalue weighted by atomic mass is 9.98. The van der Waals surface area contributed by atoms with Crippen molar-refractivity contribution in [3.05, 3.63) is 0 Å². The molecule has 4 heteroatoms. The van der Waals surface area contributed by atoms with E-state index in [9.17, 15) is 5.11 Å². The number of aliphatic hydroxyl groups excluding tert-OH is 1. The Labute approximate surface area is 104 Å². The van der Waals surface area contributed by atoms with Gasteiger partial charge in [-0.2, -0.15) is 0 Å². The first kappa shape index (κ1) is 13.3. The van der Waals surface area contributed by atoms with E-state index in [4.69, 9.17) is 4.74 Å². The molecule has 2 aliphatic rings. The molecule has 0 radical (unpaired) electrons. The Hall–Kier alpha value is -0.160. The summed E-state index contributed by atoms with van der Waals surface area (Å²) in [6, 6.07) is 0.652. The number of ether oxygens (including phenoxy) is 1. The molecule has 1 aliphatic heterocycles. The summed E-state index contributed by atoms with van der Waals surface area (Å²) >= 11 is 0. The number of hydrogen-bond donors (Lipinski definition) is 2. The minimum atomic E-state index is -0.103. The molecule has 0 bridgehead atoms. The number of aliphatic hydroxyl groups is 1. The van der Waals surface area contributed by atoms with Crippen molar-refractivity contribution in [2.45, 2.75) is 44.2 Å². The van der Waals surface area contributed by atoms with E-state index in [-0.39, 0.29) is 12.1 Å². The second-order valence-electron chi connectivity index (χ2n) is 5.69. The van der Waals surface area contributed by atoms with E-state index in [0.717, 1.165) is 45.7 Å². The Morgan fingerprint density at radius 2 is 2.18 bits per heavy atom. The summed E-state index contributed by atoms with van der Waals surface area (Å²) in [6.07, 6.45) is 4.69. The molecule has 0 aromatic heterocycles. The molecule has 1 saturated carbocycles. The minimum absolute atomic E-state index is 0.103. The predicted molar refractivity (Wildman–Crippen MR) is 68.1 cm³/mol.